The van der Waals surface area contributed by atoms with Crippen LogP contribution >= 0.6 is 31.9 Å². The summed E-state index contributed by atoms with van der Waals surface area (Å²) >= 11 is 5.69. The van der Waals surface area contributed by atoms with E-state index >= 15 is 0 Å². The first-order chi connectivity index (χ1) is 6.13. The molecule has 0 amide bonds. The van der Waals surface area contributed by atoms with Gasteiger partial charge in [-0.2, -0.15) is 0 Å². The van der Waals surface area contributed by atoms with E-state index in [9.17, 15) is 8.78 Å². The van der Waals surface area contributed by atoms with E-state index in [1.165, 1.54) is 0 Å². The van der Waals surface area contributed by atoms with Gasteiger partial charge in [-0.3, -0.25) is 0 Å². The first-order valence-corrected chi connectivity index (χ1v) is 4.65. The van der Waals surface area contributed by atoms with Crippen molar-refractivity contribution >= 4 is 42.9 Å². The highest BCUT2D eigenvalue weighted by atomic mass is 79.9. The van der Waals surface area contributed by atoms with Crippen LogP contribution in [0.4, 0.5) is 8.78 Å². The van der Waals surface area contributed by atoms with Crippen LogP contribution in [-0.4, -0.2) is 10.3 Å². The fourth-order valence-corrected chi connectivity index (χ4v) is 1.75. The first-order valence-electron chi connectivity index (χ1n) is 3.07. The number of nitrogens with zero attached hydrogens (tertiary/aromatic N) is 2. The molecule has 0 saturated heterocycles. The fourth-order valence-electron chi connectivity index (χ4n) is 0.877. The molecule has 1 aromatic heterocycles. The zero-order chi connectivity index (χ0) is 9.59. The third-order valence-corrected chi connectivity index (χ3v) is 2.93. The Kier molecular flexibility index (Phi) is 2.07. The van der Waals surface area contributed by atoms with E-state index in [0.717, 1.165) is 0 Å². The lowest BCUT2D eigenvalue weighted by atomic mass is 10.3. The summed E-state index contributed by atoms with van der Waals surface area (Å²) in [4.78, 5) is 0. The number of aromatic nitrogens is 2. The van der Waals surface area contributed by atoms with Crippen molar-refractivity contribution < 1.29 is 13.4 Å². The molecule has 0 radical (unpaired) electrons. The van der Waals surface area contributed by atoms with E-state index in [2.05, 4.69) is 46.8 Å². The maximum Gasteiger partial charge on any atom is 0.176 e. The predicted octanol–water partition coefficient (Wildman–Crippen LogP) is 3.03. The topological polar surface area (TPSA) is 38.9 Å². The van der Waals surface area contributed by atoms with Crippen LogP contribution in [0.2, 0.25) is 0 Å². The van der Waals surface area contributed by atoms with Crippen LogP contribution in [0.15, 0.2) is 13.6 Å². The van der Waals surface area contributed by atoms with Crippen molar-refractivity contribution in [2.75, 3.05) is 0 Å². The average Bonchev–Trinajstić information content (AvgIpc) is 2.59. The van der Waals surface area contributed by atoms with Gasteiger partial charge in [0.05, 0.1) is 8.95 Å². The zero-order valence-corrected chi connectivity index (χ0v) is 8.99. The summed E-state index contributed by atoms with van der Waals surface area (Å²) in [6.07, 6.45) is 0. The second-order valence-corrected chi connectivity index (χ2v) is 3.80. The second-order valence-electron chi connectivity index (χ2n) is 2.22. The highest BCUT2D eigenvalue weighted by molar-refractivity contribution is 9.11. The van der Waals surface area contributed by atoms with Crippen molar-refractivity contribution in [1.29, 1.82) is 0 Å². The zero-order valence-electron chi connectivity index (χ0n) is 5.81. The largest absolute Gasteiger partial charge is 0.243 e. The summed E-state index contributed by atoms with van der Waals surface area (Å²) < 4.78 is 30.2. The van der Waals surface area contributed by atoms with Crippen molar-refractivity contribution in [1.82, 2.24) is 10.3 Å². The summed E-state index contributed by atoms with van der Waals surface area (Å²) in [6.45, 7) is 0. The summed E-state index contributed by atoms with van der Waals surface area (Å²) in [5, 5.41) is 6.82. The number of hydrogen-bond donors (Lipinski definition) is 0. The summed E-state index contributed by atoms with van der Waals surface area (Å²) in [5.74, 6) is -2.04. The van der Waals surface area contributed by atoms with Gasteiger partial charge in [0.25, 0.3) is 0 Å². The smallest absolute Gasteiger partial charge is 0.176 e. The van der Waals surface area contributed by atoms with Gasteiger partial charge in [0.2, 0.25) is 0 Å². The molecule has 2 rings (SSSR count). The average molecular weight is 314 g/mol. The predicted molar refractivity (Wildman–Crippen MR) is 47.1 cm³/mol. The monoisotopic (exact) mass is 312 g/mol. The van der Waals surface area contributed by atoms with Crippen molar-refractivity contribution in [3.63, 3.8) is 0 Å². The molecule has 0 aliphatic rings. The minimum Gasteiger partial charge on any atom is -0.243 e. The summed E-state index contributed by atoms with van der Waals surface area (Å²) in [7, 11) is 0. The van der Waals surface area contributed by atoms with Crippen molar-refractivity contribution in [2.24, 2.45) is 0 Å². The molecule has 0 aliphatic carbocycles. The van der Waals surface area contributed by atoms with E-state index in [1.54, 1.807) is 0 Å². The van der Waals surface area contributed by atoms with E-state index in [-0.39, 0.29) is 20.0 Å². The molecule has 1 heterocycles. The lowest BCUT2D eigenvalue weighted by molar-refractivity contribution is 0.315. The molecular formula is C6Br2F2N2O. The Hall–Kier alpha value is -0.560. The fraction of sp³-hybridized carbons (Fsp3) is 0. The van der Waals surface area contributed by atoms with Crippen LogP contribution in [0.5, 0.6) is 0 Å². The Morgan fingerprint density at radius 2 is 1.31 bits per heavy atom. The highest BCUT2D eigenvalue weighted by Crippen LogP contribution is 2.33. The molecule has 7 heteroatoms. The van der Waals surface area contributed by atoms with Crippen LogP contribution in [0, 0.1) is 11.6 Å². The molecule has 0 atom stereocenters. The molecule has 13 heavy (non-hydrogen) atoms. The molecular weight excluding hydrogens is 314 g/mol. The van der Waals surface area contributed by atoms with Crippen molar-refractivity contribution in [3.8, 4) is 0 Å². The van der Waals surface area contributed by atoms with Crippen LogP contribution in [0.1, 0.15) is 0 Å². The molecule has 2 aromatic rings. The van der Waals surface area contributed by atoms with Gasteiger partial charge < -0.3 is 0 Å². The molecule has 0 N–H and O–H groups in total. The van der Waals surface area contributed by atoms with Gasteiger partial charge in [0.15, 0.2) is 22.7 Å². The second kappa shape index (κ2) is 2.98. The molecule has 0 spiro atoms. The van der Waals surface area contributed by atoms with Crippen molar-refractivity contribution in [2.45, 2.75) is 0 Å². The quantitative estimate of drug-likeness (QED) is 0.554. The Bertz CT molecular complexity index is 443. The van der Waals surface area contributed by atoms with Gasteiger partial charge in [-0.25, -0.2) is 13.4 Å². The van der Waals surface area contributed by atoms with Crippen LogP contribution in [0.3, 0.4) is 0 Å². The SMILES string of the molecule is Fc1c(F)c(Br)c2nonc2c1Br. The molecule has 68 valence electrons. The molecule has 0 bridgehead atoms. The number of hydrogen-bond acceptors (Lipinski definition) is 3. The molecule has 0 saturated carbocycles. The van der Waals surface area contributed by atoms with E-state index < -0.39 is 11.6 Å². The number of fused-ring (bicyclic) bond motifs is 1. The minimum absolute atomic E-state index is 0.0931. The Morgan fingerprint density at radius 3 is 1.69 bits per heavy atom. The van der Waals surface area contributed by atoms with Gasteiger partial charge in [-0.1, -0.05) is 0 Å². The van der Waals surface area contributed by atoms with Gasteiger partial charge >= 0.3 is 0 Å². The summed E-state index contributed by atoms with van der Waals surface area (Å²) in [6, 6.07) is 0. The molecule has 1 aromatic carbocycles. The Balaban J connectivity index is 3.02. The minimum atomic E-state index is -1.02. The van der Waals surface area contributed by atoms with Gasteiger partial charge in [0, 0.05) is 0 Å². The summed E-state index contributed by atoms with van der Waals surface area (Å²) in [5.41, 5.74) is 0.288. The van der Waals surface area contributed by atoms with Gasteiger partial charge in [-0.15, -0.1) is 0 Å². The van der Waals surface area contributed by atoms with Crippen LogP contribution in [0.25, 0.3) is 11.0 Å². The maximum absolute atomic E-state index is 13.0. The normalized spacial score (nSPS) is 11.1. The van der Waals surface area contributed by atoms with Crippen LogP contribution < -0.4 is 0 Å². The molecule has 0 fully saturated rings. The third-order valence-electron chi connectivity index (χ3n) is 1.48. The standard InChI is InChI=1S/C6Br2F2N2O/c7-1-3(9)4(10)2(8)6-5(1)11-13-12-6. The Morgan fingerprint density at radius 1 is 0.923 bits per heavy atom. The van der Waals surface area contributed by atoms with Crippen molar-refractivity contribution in [3.05, 3.63) is 20.6 Å². The molecule has 3 nitrogen and oxygen atoms in total. The van der Waals surface area contributed by atoms with Gasteiger partial charge in [0.1, 0.15) is 0 Å². The Labute approximate surface area is 87.3 Å². The first kappa shape index (κ1) is 9.01. The number of benzene rings is 1. The lowest BCUT2D eigenvalue weighted by Gasteiger charge is -1.98. The van der Waals surface area contributed by atoms with E-state index in [4.69, 9.17) is 0 Å². The van der Waals surface area contributed by atoms with Gasteiger partial charge in [-0.05, 0) is 42.2 Å². The maximum atomic E-state index is 13.0. The molecule has 0 unspecified atom stereocenters. The molecule has 0 aliphatic heterocycles. The van der Waals surface area contributed by atoms with Crippen LogP contribution in [-0.2, 0) is 0 Å². The lowest BCUT2D eigenvalue weighted by Crippen LogP contribution is -1.89. The van der Waals surface area contributed by atoms with E-state index in [0.29, 0.717) is 0 Å². The third kappa shape index (κ3) is 1.18. The highest BCUT2D eigenvalue weighted by Gasteiger charge is 2.20. The number of rotatable bonds is 0. The van der Waals surface area contributed by atoms with E-state index in [1.807, 2.05) is 0 Å². The number of halogens is 4.